The Balaban J connectivity index is 0. The number of rotatable bonds is 2. The summed E-state index contributed by atoms with van der Waals surface area (Å²) in [5.41, 5.74) is 4.94. The summed E-state index contributed by atoms with van der Waals surface area (Å²) in [5, 5.41) is 9.45. The first-order valence-electron chi connectivity index (χ1n) is 1.70. The van der Waals surface area contributed by atoms with Crippen molar-refractivity contribution in [3.63, 3.8) is 0 Å². The minimum absolute atomic E-state index is 0. The molecule has 6 heavy (non-hydrogen) atoms. The number of hydrogen-bond acceptors (Lipinski definition) is 2. The van der Waals surface area contributed by atoms with Crippen LogP contribution < -0.4 is 40.4 Å². The normalized spacial score (nSPS) is 7.00. The maximum Gasteiger partial charge on any atom is 1.00 e. The van der Waals surface area contributed by atoms with Crippen LogP contribution in [0.15, 0.2) is 0 Å². The largest absolute Gasteiger partial charge is 1.00 e. The van der Waals surface area contributed by atoms with Crippen LogP contribution in [0.3, 0.4) is 0 Å². The van der Waals surface area contributed by atoms with Crippen LogP contribution in [0.5, 0.6) is 0 Å². The maximum absolute atomic E-state index is 9.45. The van der Waals surface area contributed by atoms with Crippen molar-refractivity contribution in [1.29, 1.82) is 0 Å². The fourth-order valence-electron chi connectivity index (χ4n) is 0.0833. The summed E-state index contributed by atoms with van der Waals surface area (Å²) < 4.78 is 0. The molecule has 0 aromatic rings. The Morgan fingerprint density at radius 2 is 2.00 bits per heavy atom. The molecular weight excluding hydrogens is 89.0 g/mol. The Kier molecular flexibility index (Phi) is 15.6. The van der Waals surface area contributed by atoms with Crippen LogP contribution in [-0.2, 0) is 0 Å². The SMILES string of the molecule is NCCC[O-].[Na+]. The molecule has 0 atom stereocenters. The van der Waals surface area contributed by atoms with Crippen molar-refractivity contribution in [3.8, 4) is 0 Å². The molecule has 0 aromatic carbocycles. The van der Waals surface area contributed by atoms with Crippen LogP contribution in [0.25, 0.3) is 0 Å². The Bertz CT molecular complexity index is 18.3. The molecule has 0 saturated heterocycles. The van der Waals surface area contributed by atoms with Gasteiger partial charge in [0.05, 0.1) is 0 Å². The van der Waals surface area contributed by atoms with Crippen LogP contribution in [-0.4, -0.2) is 13.2 Å². The summed E-state index contributed by atoms with van der Waals surface area (Å²) in [6.07, 6.45) is 0.611. The molecule has 0 unspecified atom stereocenters. The Hall–Kier alpha value is 0.920. The van der Waals surface area contributed by atoms with E-state index >= 15 is 0 Å². The van der Waals surface area contributed by atoms with Crippen molar-refractivity contribution >= 4 is 0 Å². The van der Waals surface area contributed by atoms with E-state index in [4.69, 9.17) is 5.73 Å². The molecule has 3 heteroatoms. The third kappa shape index (κ3) is 8.87. The van der Waals surface area contributed by atoms with Crippen molar-refractivity contribution in [2.45, 2.75) is 6.42 Å². The van der Waals surface area contributed by atoms with Gasteiger partial charge in [0.2, 0.25) is 0 Å². The summed E-state index contributed by atoms with van der Waals surface area (Å²) in [6.45, 7) is 0.500. The van der Waals surface area contributed by atoms with E-state index in [2.05, 4.69) is 0 Å². The molecule has 2 nitrogen and oxygen atoms in total. The molecule has 2 N–H and O–H groups in total. The van der Waals surface area contributed by atoms with Crippen molar-refractivity contribution in [3.05, 3.63) is 0 Å². The fraction of sp³-hybridized carbons (Fsp3) is 1.00. The Labute approximate surface area is 60.0 Å². The second-order valence-corrected chi connectivity index (χ2v) is 0.846. The predicted octanol–water partition coefficient (Wildman–Crippen LogP) is -4.30. The minimum atomic E-state index is -0.0312. The molecule has 0 aliphatic carbocycles. The molecule has 0 bridgehead atoms. The average Bonchev–Trinajstić information content (AvgIpc) is 1.41. The van der Waals surface area contributed by atoms with E-state index in [9.17, 15) is 5.11 Å². The zero-order valence-corrected chi connectivity index (χ0v) is 6.11. The van der Waals surface area contributed by atoms with E-state index in [1.807, 2.05) is 0 Å². The molecule has 0 aromatic heterocycles. The van der Waals surface area contributed by atoms with E-state index in [0.29, 0.717) is 13.0 Å². The maximum atomic E-state index is 9.45. The molecule has 0 saturated carbocycles. The Morgan fingerprint density at radius 3 is 2.00 bits per heavy atom. The van der Waals surface area contributed by atoms with Gasteiger partial charge in [-0.1, -0.05) is 6.42 Å². The molecule has 0 radical (unpaired) electrons. The zero-order valence-electron chi connectivity index (χ0n) is 4.11. The van der Waals surface area contributed by atoms with E-state index in [1.54, 1.807) is 0 Å². The molecule has 0 aliphatic heterocycles. The van der Waals surface area contributed by atoms with Crippen LogP contribution >= 0.6 is 0 Å². The van der Waals surface area contributed by atoms with E-state index in [-0.39, 0.29) is 36.2 Å². The minimum Gasteiger partial charge on any atom is -0.854 e. The van der Waals surface area contributed by atoms with Gasteiger partial charge in [-0.2, -0.15) is 0 Å². The third-order valence-corrected chi connectivity index (χ3v) is 0.348. The topological polar surface area (TPSA) is 49.1 Å². The van der Waals surface area contributed by atoms with Gasteiger partial charge in [-0.15, -0.1) is 6.61 Å². The predicted molar refractivity (Wildman–Crippen MR) is 18.5 cm³/mol. The van der Waals surface area contributed by atoms with Gasteiger partial charge in [0, 0.05) is 0 Å². The molecular formula is C3H8NNaO. The van der Waals surface area contributed by atoms with Gasteiger partial charge in [0.1, 0.15) is 0 Å². The molecule has 0 heterocycles. The summed E-state index contributed by atoms with van der Waals surface area (Å²) in [4.78, 5) is 0. The van der Waals surface area contributed by atoms with Gasteiger partial charge < -0.3 is 10.8 Å². The average molecular weight is 97.1 g/mol. The van der Waals surface area contributed by atoms with Gasteiger partial charge >= 0.3 is 29.6 Å². The molecule has 0 aliphatic rings. The van der Waals surface area contributed by atoms with E-state index < -0.39 is 0 Å². The van der Waals surface area contributed by atoms with Crippen molar-refractivity contribution in [2.75, 3.05) is 13.2 Å². The molecule has 0 amide bonds. The van der Waals surface area contributed by atoms with Crippen molar-refractivity contribution in [2.24, 2.45) is 5.73 Å². The van der Waals surface area contributed by atoms with Crippen LogP contribution in [0.1, 0.15) is 6.42 Å². The summed E-state index contributed by atoms with van der Waals surface area (Å²) in [7, 11) is 0. The monoisotopic (exact) mass is 97.1 g/mol. The van der Waals surface area contributed by atoms with Gasteiger partial charge in [-0.3, -0.25) is 0 Å². The quantitative estimate of drug-likeness (QED) is 0.354. The van der Waals surface area contributed by atoms with E-state index in [1.165, 1.54) is 0 Å². The number of hydrogen-bond donors (Lipinski definition) is 1. The second kappa shape index (κ2) is 9.33. The molecule has 0 rings (SSSR count). The molecule has 0 fully saturated rings. The van der Waals surface area contributed by atoms with E-state index in [0.717, 1.165) is 0 Å². The van der Waals surface area contributed by atoms with Gasteiger partial charge in [0.25, 0.3) is 0 Å². The summed E-state index contributed by atoms with van der Waals surface area (Å²) in [6, 6.07) is 0. The summed E-state index contributed by atoms with van der Waals surface area (Å²) in [5.74, 6) is 0. The third-order valence-electron chi connectivity index (χ3n) is 0.348. The first-order chi connectivity index (χ1) is 2.41. The van der Waals surface area contributed by atoms with Crippen LogP contribution in [0.2, 0.25) is 0 Å². The standard InChI is InChI=1S/C3H8NO.Na/c4-2-1-3-5;/h1-4H2;/q-1;+1. The first kappa shape index (κ1) is 10.0. The fourth-order valence-corrected chi connectivity index (χ4v) is 0.0833. The smallest absolute Gasteiger partial charge is 0.854 e. The summed E-state index contributed by atoms with van der Waals surface area (Å²) >= 11 is 0. The van der Waals surface area contributed by atoms with Gasteiger partial charge in [0.15, 0.2) is 0 Å². The van der Waals surface area contributed by atoms with Gasteiger partial charge in [-0.05, 0) is 6.54 Å². The number of nitrogens with two attached hydrogens (primary N) is 1. The zero-order chi connectivity index (χ0) is 4.12. The Morgan fingerprint density at radius 1 is 1.50 bits per heavy atom. The van der Waals surface area contributed by atoms with Crippen LogP contribution in [0.4, 0.5) is 0 Å². The van der Waals surface area contributed by atoms with Gasteiger partial charge in [-0.25, -0.2) is 0 Å². The van der Waals surface area contributed by atoms with Crippen molar-refractivity contribution < 1.29 is 34.7 Å². The molecule has 0 spiro atoms. The molecule has 32 valence electrons. The first-order valence-corrected chi connectivity index (χ1v) is 1.70. The second-order valence-electron chi connectivity index (χ2n) is 0.846. The van der Waals surface area contributed by atoms with Crippen LogP contribution in [0, 0.1) is 0 Å². The van der Waals surface area contributed by atoms with Crippen molar-refractivity contribution in [1.82, 2.24) is 0 Å².